The average molecular weight is 524 g/mol. The molecule has 14 heteroatoms. The van der Waals surface area contributed by atoms with Crippen molar-refractivity contribution in [1.29, 1.82) is 0 Å². The number of amides is 2. The Labute approximate surface area is 198 Å². The van der Waals surface area contributed by atoms with Crippen LogP contribution in [0.1, 0.15) is 6.92 Å². The number of aliphatic hydroxyl groups excluding tert-OH is 1. The Balaban J connectivity index is 2.20. The second-order valence-electron chi connectivity index (χ2n) is 7.40. The normalized spacial score (nSPS) is 13.9. The van der Waals surface area contributed by atoms with Gasteiger partial charge in [0.1, 0.15) is 0 Å². The molecule has 0 unspecified atom stereocenters. The average Bonchev–Trinajstić information content (AvgIpc) is 2.74. The van der Waals surface area contributed by atoms with Gasteiger partial charge in [-0.2, -0.15) is 13.2 Å². The molecule has 2 rings (SSSR count). The highest BCUT2D eigenvalue weighted by molar-refractivity contribution is 7.91. The standard InChI is InChI=1S/C20H21ClF3N3O6S/c1-19(31,20(22,23)24)18(30)26-16-8-7-14(9-15(16)21)34(32,33)13-5-3-12(4-6-13)25-17(29)10-27(2)11-28/h3-9,28,31H,10-11H2,1-2H3,(H,25,29)(H,26,30)/t19-/m1/s1. The number of nitrogens with one attached hydrogen (secondary N) is 2. The molecule has 0 saturated heterocycles. The summed E-state index contributed by atoms with van der Waals surface area (Å²) in [6.07, 6.45) is -5.24. The van der Waals surface area contributed by atoms with Crippen LogP contribution in [0, 0.1) is 0 Å². The number of nitrogens with zero attached hydrogens (tertiary/aromatic N) is 1. The van der Waals surface area contributed by atoms with E-state index in [0.717, 1.165) is 18.2 Å². The van der Waals surface area contributed by atoms with Crippen LogP contribution in [0.4, 0.5) is 24.5 Å². The molecule has 4 N–H and O–H groups in total. The zero-order chi connectivity index (χ0) is 25.9. The molecule has 9 nitrogen and oxygen atoms in total. The van der Waals surface area contributed by atoms with Crippen LogP contribution < -0.4 is 10.6 Å². The van der Waals surface area contributed by atoms with Crippen LogP contribution in [-0.2, 0) is 19.4 Å². The highest BCUT2D eigenvalue weighted by Crippen LogP contribution is 2.33. The first-order chi connectivity index (χ1) is 15.6. The molecular formula is C20H21ClF3N3O6S. The van der Waals surface area contributed by atoms with Gasteiger partial charge in [-0.15, -0.1) is 0 Å². The number of alkyl halides is 3. The van der Waals surface area contributed by atoms with Gasteiger partial charge < -0.3 is 20.8 Å². The summed E-state index contributed by atoms with van der Waals surface area (Å²) in [6.45, 7) is -0.139. The molecular weight excluding hydrogens is 503 g/mol. The van der Waals surface area contributed by atoms with Gasteiger partial charge in [-0.25, -0.2) is 8.42 Å². The Bertz CT molecular complexity index is 1170. The monoisotopic (exact) mass is 523 g/mol. The second kappa shape index (κ2) is 10.3. The number of anilines is 2. The van der Waals surface area contributed by atoms with Crippen molar-refractivity contribution >= 4 is 44.6 Å². The summed E-state index contributed by atoms with van der Waals surface area (Å²) in [4.78, 5) is 24.5. The molecule has 2 aromatic rings. The number of aliphatic hydroxyl groups is 2. The van der Waals surface area contributed by atoms with E-state index in [0.29, 0.717) is 5.69 Å². The molecule has 0 bridgehead atoms. The number of hydrogen-bond acceptors (Lipinski definition) is 7. The van der Waals surface area contributed by atoms with Crippen molar-refractivity contribution in [2.24, 2.45) is 0 Å². The summed E-state index contributed by atoms with van der Waals surface area (Å²) >= 11 is 5.96. The highest BCUT2D eigenvalue weighted by Gasteiger charge is 2.55. The topological polar surface area (TPSA) is 136 Å². The molecule has 1 atom stereocenters. The summed E-state index contributed by atoms with van der Waals surface area (Å²) in [5.41, 5.74) is -3.71. The number of hydrogen-bond donors (Lipinski definition) is 4. The van der Waals surface area contributed by atoms with Gasteiger partial charge in [0, 0.05) is 5.69 Å². The van der Waals surface area contributed by atoms with Crippen molar-refractivity contribution < 1.29 is 41.4 Å². The maximum atomic E-state index is 12.9. The van der Waals surface area contributed by atoms with E-state index in [4.69, 9.17) is 16.7 Å². The third kappa shape index (κ3) is 6.24. The lowest BCUT2D eigenvalue weighted by atomic mass is 10.1. The van der Waals surface area contributed by atoms with Crippen LogP contribution in [0.25, 0.3) is 0 Å². The molecule has 0 heterocycles. The van der Waals surface area contributed by atoms with E-state index in [1.807, 2.05) is 5.32 Å². The lowest BCUT2D eigenvalue weighted by Crippen LogP contribution is -2.52. The molecule has 0 fully saturated rings. The summed E-state index contributed by atoms with van der Waals surface area (Å²) in [5, 5.41) is 22.3. The minimum absolute atomic E-state index is 0.0870. The number of benzene rings is 2. The Morgan fingerprint density at radius 1 is 1.06 bits per heavy atom. The fourth-order valence-electron chi connectivity index (χ4n) is 2.49. The Hall–Kier alpha value is -2.71. The minimum atomic E-state index is -5.24. The van der Waals surface area contributed by atoms with E-state index in [1.54, 1.807) is 0 Å². The fraction of sp³-hybridized carbons (Fsp3) is 0.300. The SMILES string of the molecule is CN(CO)CC(=O)Nc1ccc(S(=O)(=O)c2ccc(NC(=O)[C@@](C)(O)C(F)(F)F)c(Cl)c2)cc1. The van der Waals surface area contributed by atoms with Crippen molar-refractivity contribution in [3.8, 4) is 0 Å². The first kappa shape index (κ1) is 27.5. The van der Waals surface area contributed by atoms with Gasteiger partial charge in [-0.3, -0.25) is 14.5 Å². The lowest BCUT2D eigenvalue weighted by Gasteiger charge is -2.25. The molecule has 0 saturated carbocycles. The van der Waals surface area contributed by atoms with Crippen LogP contribution in [0.3, 0.4) is 0 Å². The molecule has 34 heavy (non-hydrogen) atoms. The number of carbonyl (C=O) groups excluding carboxylic acids is 2. The predicted molar refractivity (Wildman–Crippen MR) is 117 cm³/mol. The molecule has 2 amide bonds. The van der Waals surface area contributed by atoms with Gasteiger partial charge in [0.25, 0.3) is 5.91 Å². The summed E-state index contributed by atoms with van der Waals surface area (Å²) < 4.78 is 64.2. The number of carbonyl (C=O) groups is 2. The number of rotatable bonds is 8. The largest absolute Gasteiger partial charge is 0.426 e. The van der Waals surface area contributed by atoms with E-state index >= 15 is 0 Å². The van der Waals surface area contributed by atoms with E-state index in [9.17, 15) is 36.3 Å². The summed E-state index contributed by atoms with van der Waals surface area (Å²) in [5.74, 6) is -2.22. The quantitative estimate of drug-likeness (QED) is 0.390. The molecule has 2 aromatic carbocycles. The van der Waals surface area contributed by atoms with Crippen LogP contribution in [0.2, 0.25) is 5.02 Å². The Morgan fingerprint density at radius 2 is 1.62 bits per heavy atom. The zero-order valence-electron chi connectivity index (χ0n) is 17.9. The fourth-order valence-corrected chi connectivity index (χ4v) is 4.07. The van der Waals surface area contributed by atoms with E-state index in [-0.39, 0.29) is 40.7 Å². The van der Waals surface area contributed by atoms with E-state index in [1.165, 1.54) is 36.2 Å². The van der Waals surface area contributed by atoms with Crippen LogP contribution in [0.15, 0.2) is 52.3 Å². The van der Waals surface area contributed by atoms with Crippen molar-refractivity contribution in [1.82, 2.24) is 4.90 Å². The molecule has 0 aromatic heterocycles. The van der Waals surface area contributed by atoms with Gasteiger partial charge in [0.2, 0.25) is 21.3 Å². The van der Waals surface area contributed by atoms with Crippen molar-refractivity contribution in [3.05, 3.63) is 47.5 Å². The number of likely N-dealkylation sites (N-methyl/N-ethyl adjacent to an activating group) is 1. The highest BCUT2D eigenvalue weighted by atomic mass is 35.5. The summed E-state index contributed by atoms with van der Waals surface area (Å²) in [7, 11) is -2.58. The molecule has 186 valence electrons. The Morgan fingerprint density at radius 3 is 2.12 bits per heavy atom. The third-order valence-electron chi connectivity index (χ3n) is 4.60. The summed E-state index contributed by atoms with van der Waals surface area (Å²) in [6, 6.07) is 8.11. The van der Waals surface area contributed by atoms with Crippen molar-refractivity contribution in [3.63, 3.8) is 0 Å². The van der Waals surface area contributed by atoms with Gasteiger partial charge in [0.05, 0.1) is 33.8 Å². The molecule has 0 radical (unpaired) electrons. The lowest BCUT2D eigenvalue weighted by molar-refractivity contribution is -0.242. The molecule has 0 aliphatic rings. The minimum Gasteiger partial charge on any atom is -0.381 e. The maximum absolute atomic E-state index is 12.9. The first-order valence-corrected chi connectivity index (χ1v) is 11.3. The third-order valence-corrected chi connectivity index (χ3v) is 6.68. The van der Waals surface area contributed by atoms with Crippen LogP contribution >= 0.6 is 11.6 Å². The molecule has 0 spiro atoms. The van der Waals surface area contributed by atoms with Gasteiger partial charge >= 0.3 is 6.18 Å². The van der Waals surface area contributed by atoms with Gasteiger partial charge in [-0.05, 0) is 56.4 Å². The maximum Gasteiger partial charge on any atom is 0.426 e. The number of halogens is 4. The van der Waals surface area contributed by atoms with Gasteiger partial charge in [-0.1, -0.05) is 11.6 Å². The van der Waals surface area contributed by atoms with Crippen LogP contribution in [-0.4, -0.2) is 67.4 Å². The number of sulfone groups is 1. The molecule has 0 aliphatic heterocycles. The smallest absolute Gasteiger partial charge is 0.381 e. The van der Waals surface area contributed by atoms with Crippen molar-refractivity contribution in [2.75, 3.05) is 31.0 Å². The van der Waals surface area contributed by atoms with Crippen LogP contribution in [0.5, 0.6) is 0 Å². The first-order valence-electron chi connectivity index (χ1n) is 9.44. The second-order valence-corrected chi connectivity index (χ2v) is 9.75. The van der Waals surface area contributed by atoms with Gasteiger partial charge in [0.15, 0.2) is 0 Å². The van der Waals surface area contributed by atoms with E-state index < -0.39 is 33.4 Å². The Kier molecular flexibility index (Phi) is 8.32. The zero-order valence-corrected chi connectivity index (χ0v) is 19.4. The molecule has 0 aliphatic carbocycles. The van der Waals surface area contributed by atoms with E-state index in [2.05, 4.69) is 5.32 Å². The predicted octanol–water partition coefficient (Wildman–Crippen LogP) is 2.24. The van der Waals surface area contributed by atoms with Crippen molar-refractivity contribution in [2.45, 2.75) is 28.5 Å².